The predicted molar refractivity (Wildman–Crippen MR) is 79.6 cm³/mol. The number of hydrogen-bond acceptors (Lipinski definition) is 4. The number of hydrogen-bond donors (Lipinski definition) is 2. The second kappa shape index (κ2) is 7.29. The van der Waals surface area contributed by atoms with E-state index in [0.29, 0.717) is 22.8 Å². The molecule has 0 heterocycles. The first-order valence-corrected chi connectivity index (χ1v) is 7.45. The lowest BCUT2D eigenvalue weighted by Crippen LogP contribution is -2.21. The van der Waals surface area contributed by atoms with Gasteiger partial charge in [0.2, 0.25) is 0 Å². The van der Waals surface area contributed by atoms with Crippen LogP contribution in [0.4, 0.5) is 0 Å². The molecular formula is C14H19ClO3S. The number of carbonyl (C=O) groups is 1. The summed E-state index contributed by atoms with van der Waals surface area (Å²) in [6.07, 6.45) is -1.47. The number of aliphatic hydroxyl groups excluding tert-OH is 2. The van der Waals surface area contributed by atoms with Crippen molar-refractivity contribution in [1.29, 1.82) is 0 Å². The van der Waals surface area contributed by atoms with Crippen molar-refractivity contribution >= 4 is 28.5 Å². The highest BCUT2D eigenvalue weighted by Crippen LogP contribution is 2.29. The van der Waals surface area contributed by atoms with E-state index >= 15 is 0 Å². The van der Waals surface area contributed by atoms with Crippen molar-refractivity contribution in [2.24, 2.45) is 0 Å². The Kier molecular flexibility index (Phi) is 6.33. The lowest BCUT2D eigenvalue weighted by molar-refractivity contribution is -0.109. The van der Waals surface area contributed by atoms with Gasteiger partial charge in [-0.05, 0) is 49.1 Å². The van der Waals surface area contributed by atoms with E-state index in [1.807, 2.05) is 13.8 Å². The van der Waals surface area contributed by atoms with Gasteiger partial charge in [0.05, 0.1) is 6.10 Å². The van der Waals surface area contributed by atoms with Crippen molar-refractivity contribution in [2.45, 2.75) is 39.4 Å². The molecule has 1 aromatic carbocycles. The topological polar surface area (TPSA) is 57.5 Å². The number of aryl methyl sites for hydroxylation is 2. The van der Waals surface area contributed by atoms with Crippen molar-refractivity contribution in [2.75, 3.05) is 5.75 Å². The van der Waals surface area contributed by atoms with E-state index in [2.05, 4.69) is 0 Å². The van der Waals surface area contributed by atoms with E-state index in [1.54, 1.807) is 12.1 Å². The monoisotopic (exact) mass is 302 g/mol. The molecule has 0 saturated carbocycles. The molecule has 0 radical (unpaired) electrons. The Morgan fingerprint density at radius 1 is 1.32 bits per heavy atom. The van der Waals surface area contributed by atoms with Crippen LogP contribution in [0.3, 0.4) is 0 Å². The summed E-state index contributed by atoms with van der Waals surface area (Å²) in [6, 6.07) is 3.54. The van der Waals surface area contributed by atoms with Gasteiger partial charge in [-0.25, -0.2) is 0 Å². The van der Waals surface area contributed by atoms with Gasteiger partial charge in [0, 0.05) is 17.7 Å². The predicted octanol–water partition coefficient (Wildman–Crippen LogP) is 3.02. The second-order valence-corrected chi connectivity index (χ2v) is 6.30. The quantitative estimate of drug-likeness (QED) is 0.878. The van der Waals surface area contributed by atoms with E-state index in [0.717, 1.165) is 22.9 Å². The molecule has 0 fully saturated rings. The number of benzene rings is 1. The molecule has 0 aromatic heterocycles. The van der Waals surface area contributed by atoms with Crippen molar-refractivity contribution in [3.63, 3.8) is 0 Å². The summed E-state index contributed by atoms with van der Waals surface area (Å²) in [5.74, 6) is 0.499. The van der Waals surface area contributed by atoms with Crippen LogP contribution >= 0.6 is 23.4 Å². The van der Waals surface area contributed by atoms with Gasteiger partial charge in [0.1, 0.15) is 6.10 Å². The number of rotatable bonds is 5. The van der Waals surface area contributed by atoms with Gasteiger partial charge in [-0.2, -0.15) is 0 Å². The van der Waals surface area contributed by atoms with Gasteiger partial charge in [-0.3, -0.25) is 4.79 Å². The van der Waals surface area contributed by atoms with Gasteiger partial charge in [0.25, 0.3) is 0 Å². The molecular weight excluding hydrogens is 284 g/mol. The highest BCUT2D eigenvalue weighted by molar-refractivity contribution is 8.13. The molecule has 0 aliphatic rings. The first-order valence-electron chi connectivity index (χ1n) is 6.09. The van der Waals surface area contributed by atoms with Gasteiger partial charge < -0.3 is 10.2 Å². The maximum atomic E-state index is 10.8. The zero-order valence-corrected chi connectivity index (χ0v) is 12.9. The maximum Gasteiger partial charge on any atom is 0.185 e. The normalized spacial score (nSPS) is 14.2. The maximum absolute atomic E-state index is 10.8. The Hall–Kier alpha value is -0.550. The van der Waals surface area contributed by atoms with Gasteiger partial charge in [-0.1, -0.05) is 23.4 Å². The van der Waals surface area contributed by atoms with E-state index in [4.69, 9.17) is 11.6 Å². The molecule has 0 spiro atoms. The van der Waals surface area contributed by atoms with Gasteiger partial charge >= 0.3 is 0 Å². The summed E-state index contributed by atoms with van der Waals surface area (Å²) < 4.78 is 0. The Labute approximate surface area is 123 Å². The molecule has 2 unspecified atom stereocenters. The summed E-state index contributed by atoms with van der Waals surface area (Å²) in [6.45, 7) is 5.20. The molecule has 1 rings (SSSR count). The first-order chi connectivity index (χ1) is 8.82. The number of carbonyl (C=O) groups excluding carboxylic acids is 1. The van der Waals surface area contributed by atoms with Crippen LogP contribution in [0.2, 0.25) is 5.02 Å². The molecule has 3 nitrogen and oxygen atoms in total. The summed E-state index contributed by atoms with van der Waals surface area (Å²) >= 11 is 7.09. The van der Waals surface area contributed by atoms with Crippen molar-refractivity contribution in [3.8, 4) is 0 Å². The summed E-state index contributed by atoms with van der Waals surface area (Å²) in [7, 11) is 0. The standard InChI is InChI=1S/C14H19ClO3S/c1-8-6-11(15)7-9(2)13(8)14(18)12(17)4-5-19-10(3)16/h6-7,12,14,17-18H,4-5H2,1-3H3. The molecule has 0 amide bonds. The Morgan fingerprint density at radius 3 is 2.32 bits per heavy atom. The van der Waals surface area contributed by atoms with E-state index < -0.39 is 12.2 Å². The smallest absolute Gasteiger partial charge is 0.185 e. The van der Waals surface area contributed by atoms with Gasteiger partial charge in [-0.15, -0.1) is 0 Å². The first kappa shape index (κ1) is 16.5. The Morgan fingerprint density at radius 2 is 1.84 bits per heavy atom. The number of thioether (sulfide) groups is 1. The minimum atomic E-state index is -0.954. The molecule has 2 N–H and O–H groups in total. The third kappa shape index (κ3) is 4.80. The van der Waals surface area contributed by atoms with Crippen LogP contribution < -0.4 is 0 Å². The zero-order valence-electron chi connectivity index (χ0n) is 11.3. The van der Waals surface area contributed by atoms with E-state index in [-0.39, 0.29) is 5.12 Å². The summed E-state index contributed by atoms with van der Waals surface area (Å²) in [5, 5.41) is 20.8. The molecule has 0 aliphatic carbocycles. The summed E-state index contributed by atoms with van der Waals surface area (Å²) in [5.41, 5.74) is 2.43. The van der Waals surface area contributed by atoms with Crippen LogP contribution in [-0.4, -0.2) is 27.2 Å². The molecule has 0 bridgehead atoms. The Bertz CT molecular complexity index is 439. The molecule has 106 valence electrons. The fourth-order valence-electron chi connectivity index (χ4n) is 2.06. The fraction of sp³-hybridized carbons (Fsp3) is 0.500. The summed E-state index contributed by atoms with van der Waals surface area (Å²) in [4.78, 5) is 10.8. The molecule has 0 aliphatic heterocycles. The number of aliphatic hydroxyl groups is 2. The van der Waals surface area contributed by atoms with Crippen LogP contribution in [0.5, 0.6) is 0 Å². The van der Waals surface area contributed by atoms with Crippen LogP contribution in [-0.2, 0) is 4.79 Å². The van der Waals surface area contributed by atoms with Crippen molar-refractivity contribution in [1.82, 2.24) is 0 Å². The van der Waals surface area contributed by atoms with Crippen molar-refractivity contribution < 1.29 is 15.0 Å². The highest BCUT2D eigenvalue weighted by Gasteiger charge is 2.22. The van der Waals surface area contributed by atoms with Crippen LogP contribution in [0.1, 0.15) is 36.1 Å². The minimum absolute atomic E-state index is 0.0144. The lowest BCUT2D eigenvalue weighted by Gasteiger charge is -2.22. The average molecular weight is 303 g/mol. The van der Waals surface area contributed by atoms with Crippen LogP contribution in [0, 0.1) is 13.8 Å². The fourth-order valence-corrected chi connectivity index (χ4v) is 3.04. The minimum Gasteiger partial charge on any atom is -0.390 e. The second-order valence-electron chi connectivity index (χ2n) is 4.59. The molecule has 2 atom stereocenters. The molecule has 0 saturated heterocycles. The number of halogens is 1. The van der Waals surface area contributed by atoms with Crippen LogP contribution in [0.25, 0.3) is 0 Å². The molecule has 1 aromatic rings. The van der Waals surface area contributed by atoms with E-state index in [1.165, 1.54) is 6.92 Å². The lowest BCUT2D eigenvalue weighted by atomic mass is 9.94. The largest absolute Gasteiger partial charge is 0.390 e. The zero-order chi connectivity index (χ0) is 14.6. The third-order valence-corrected chi connectivity index (χ3v) is 4.00. The Balaban J connectivity index is 2.76. The molecule has 5 heteroatoms. The van der Waals surface area contributed by atoms with Crippen molar-refractivity contribution in [3.05, 3.63) is 33.8 Å². The average Bonchev–Trinajstić information content (AvgIpc) is 2.26. The van der Waals surface area contributed by atoms with E-state index in [9.17, 15) is 15.0 Å². The third-order valence-electron chi connectivity index (χ3n) is 2.94. The SMILES string of the molecule is CC(=O)SCCC(O)C(O)c1c(C)cc(Cl)cc1C. The highest BCUT2D eigenvalue weighted by atomic mass is 35.5. The molecule has 19 heavy (non-hydrogen) atoms. The van der Waals surface area contributed by atoms with Gasteiger partial charge in [0.15, 0.2) is 5.12 Å². The van der Waals surface area contributed by atoms with Crippen LogP contribution in [0.15, 0.2) is 12.1 Å².